The van der Waals surface area contributed by atoms with Gasteiger partial charge in [-0.1, -0.05) is 19.9 Å². The maximum absolute atomic E-state index is 10.4. The van der Waals surface area contributed by atoms with Crippen molar-refractivity contribution in [3.05, 3.63) is 47.8 Å². The summed E-state index contributed by atoms with van der Waals surface area (Å²) in [6.45, 7) is 8.40. The molecular formula is C27H34N6O. The van der Waals surface area contributed by atoms with Crippen molar-refractivity contribution in [1.29, 1.82) is 0 Å². The van der Waals surface area contributed by atoms with Gasteiger partial charge in [0.25, 0.3) is 0 Å². The Kier molecular flexibility index (Phi) is 5.63. The van der Waals surface area contributed by atoms with Gasteiger partial charge < -0.3 is 15.4 Å². The summed E-state index contributed by atoms with van der Waals surface area (Å²) in [5.41, 5.74) is 7.12. The average molecular weight is 459 g/mol. The lowest BCUT2D eigenvalue weighted by molar-refractivity contribution is 0.0171. The van der Waals surface area contributed by atoms with Gasteiger partial charge in [-0.3, -0.25) is 10.00 Å². The molecule has 4 N–H and O–H groups in total. The lowest BCUT2D eigenvalue weighted by Gasteiger charge is -2.41. The Morgan fingerprint density at radius 1 is 1.09 bits per heavy atom. The summed E-state index contributed by atoms with van der Waals surface area (Å²) in [5, 5.41) is 23.3. The second-order valence-corrected chi connectivity index (χ2v) is 10.3. The standard InChI is InChI=1S/C27H34N6O/c1-16(2)25-20-13-18(17-7-11-33(12-8-17)23-6-9-28-15-24(23)34)3-4-22(20)31-26(25)19-5-10-29-27-21(19)14-30-32-27/h3-5,10,13-14,16-17,23-24,28,31,34H,6-9,11-12,15H2,1-2H3,(H,29,30,32). The molecule has 178 valence electrons. The Morgan fingerprint density at radius 2 is 1.94 bits per heavy atom. The number of nitrogens with one attached hydrogen (secondary N) is 3. The van der Waals surface area contributed by atoms with Crippen LogP contribution in [0.3, 0.4) is 0 Å². The highest BCUT2D eigenvalue weighted by atomic mass is 16.3. The Hall–Kier alpha value is -2.74. The number of piperidine rings is 2. The first-order chi connectivity index (χ1) is 16.6. The Balaban J connectivity index is 1.31. The van der Waals surface area contributed by atoms with E-state index in [1.165, 1.54) is 27.7 Å². The summed E-state index contributed by atoms with van der Waals surface area (Å²) in [7, 11) is 0. The number of aliphatic hydroxyl groups excluding tert-OH is 1. The molecule has 5 heterocycles. The van der Waals surface area contributed by atoms with Crippen LogP contribution in [0.2, 0.25) is 0 Å². The average Bonchev–Trinajstić information content (AvgIpc) is 3.49. The fourth-order valence-corrected chi connectivity index (χ4v) is 6.18. The van der Waals surface area contributed by atoms with E-state index in [-0.39, 0.29) is 6.10 Å². The van der Waals surface area contributed by atoms with Crippen LogP contribution in [0.1, 0.15) is 56.1 Å². The lowest BCUT2D eigenvalue weighted by Crippen LogP contribution is -2.54. The SMILES string of the molecule is CC(C)c1c(-c2ccnc3[nH]ncc23)[nH]c2ccc(C3CCN(C4CCNCC4O)CC3)cc12. The quantitative estimate of drug-likeness (QED) is 0.369. The van der Waals surface area contributed by atoms with Crippen molar-refractivity contribution in [2.75, 3.05) is 26.2 Å². The number of rotatable bonds is 4. The van der Waals surface area contributed by atoms with Crippen molar-refractivity contribution in [2.24, 2.45) is 0 Å². The number of β-amino-alcohol motifs (C(OH)–C–C–N with tert-alkyl or cyclic N) is 1. The summed E-state index contributed by atoms with van der Waals surface area (Å²) in [5.74, 6) is 0.955. The van der Waals surface area contributed by atoms with E-state index < -0.39 is 0 Å². The van der Waals surface area contributed by atoms with Gasteiger partial charge in [0.05, 0.1) is 18.0 Å². The third-order valence-electron chi connectivity index (χ3n) is 7.95. The number of fused-ring (bicyclic) bond motifs is 2. The zero-order valence-electron chi connectivity index (χ0n) is 20.0. The molecule has 0 aliphatic carbocycles. The van der Waals surface area contributed by atoms with Crippen LogP contribution in [0.5, 0.6) is 0 Å². The molecule has 0 radical (unpaired) electrons. The molecule has 2 aliphatic rings. The van der Waals surface area contributed by atoms with Crippen LogP contribution in [0, 0.1) is 0 Å². The molecule has 2 atom stereocenters. The molecule has 7 heteroatoms. The zero-order chi connectivity index (χ0) is 23.2. The molecule has 0 bridgehead atoms. The van der Waals surface area contributed by atoms with Gasteiger partial charge >= 0.3 is 0 Å². The molecule has 2 fully saturated rings. The number of likely N-dealkylation sites (tertiary alicyclic amines) is 1. The number of hydrogen-bond donors (Lipinski definition) is 4. The second-order valence-electron chi connectivity index (χ2n) is 10.3. The van der Waals surface area contributed by atoms with Crippen LogP contribution in [0.15, 0.2) is 36.7 Å². The Morgan fingerprint density at radius 3 is 2.74 bits per heavy atom. The van der Waals surface area contributed by atoms with Crippen molar-refractivity contribution in [2.45, 2.75) is 57.1 Å². The largest absolute Gasteiger partial charge is 0.390 e. The summed E-state index contributed by atoms with van der Waals surface area (Å²) >= 11 is 0. The maximum atomic E-state index is 10.4. The van der Waals surface area contributed by atoms with Crippen molar-refractivity contribution >= 4 is 21.9 Å². The highest BCUT2D eigenvalue weighted by Crippen LogP contribution is 2.40. The molecule has 2 aliphatic heterocycles. The fourth-order valence-electron chi connectivity index (χ4n) is 6.18. The van der Waals surface area contributed by atoms with E-state index in [4.69, 9.17) is 0 Å². The molecule has 3 aromatic heterocycles. The van der Waals surface area contributed by atoms with Crippen LogP contribution in [0.25, 0.3) is 33.2 Å². The minimum absolute atomic E-state index is 0.247. The van der Waals surface area contributed by atoms with Gasteiger partial charge in [-0.15, -0.1) is 0 Å². The van der Waals surface area contributed by atoms with Gasteiger partial charge in [0.15, 0.2) is 5.65 Å². The first-order valence-corrected chi connectivity index (χ1v) is 12.7. The van der Waals surface area contributed by atoms with E-state index in [9.17, 15) is 5.11 Å². The third-order valence-corrected chi connectivity index (χ3v) is 7.95. The number of aromatic amines is 2. The van der Waals surface area contributed by atoms with Crippen LogP contribution in [-0.4, -0.2) is 68.5 Å². The zero-order valence-corrected chi connectivity index (χ0v) is 20.0. The van der Waals surface area contributed by atoms with E-state index >= 15 is 0 Å². The van der Waals surface area contributed by atoms with Gasteiger partial charge in [-0.2, -0.15) is 5.10 Å². The minimum atomic E-state index is -0.247. The Bertz CT molecular complexity index is 1300. The molecule has 2 saturated heterocycles. The number of nitrogens with zero attached hydrogens (tertiary/aromatic N) is 3. The predicted octanol–water partition coefficient (Wildman–Crippen LogP) is 4.13. The van der Waals surface area contributed by atoms with E-state index in [1.807, 2.05) is 12.4 Å². The summed E-state index contributed by atoms with van der Waals surface area (Å²) < 4.78 is 0. The topological polar surface area (TPSA) is 92.9 Å². The molecule has 6 rings (SSSR count). The molecule has 7 nitrogen and oxygen atoms in total. The van der Waals surface area contributed by atoms with Gasteiger partial charge in [0, 0.05) is 40.6 Å². The van der Waals surface area contributed by atoms with Gasteiger partial charge in [-0.05, 0) is 80.1 Å². The lowest BCUT2D eigenvalue weighted by atomic mass is 9.86. The maximum Gasteiger partial charge on any atom is 0.155 e. The molecule has 0 amide bonds. The summed E-state index contributed by atoms with van der Waals surface area (Å²) in [6.07, 6.45) is 6.81. The normalized spacial score (nSPS) is 22.8. The molecule has 0 saturated carbocycles. The van der Waals surface area contributed by atoms with Crippen LogP contribution >= 0.6 is 0 Å². The summed E-state index contributed by atoms with van der Waals surface area (Å²) in [4.78, 5) is 10.7. The number of H-pyrrole nitrogens is 2. The van der Waals surface area contributed by atoms with E-state index in [0.29, 0.717) is 17.9 Å². The first-order valence-electron chi connectivity index (χ1n) is 12.7. The Labute approximate surface area is 200 Å². The minimum Gasteiger partial charge on any atom is -0.390 e. The monoisotopic (exact) mass is 458 g/mol. The van der Waals surface area contributed by atoms with Gasteiger partial charge in [0.2, 0.25) is 0 Å². The van der Waals surface area contributed by atoms with Crippen LogP contribution in [0.4, 0.5) is 0 Å². The van der Waals surface area contributed by atoms with Crippen molar-refractivity contribution < 1.29 is 5.11 Å². The molecule has 34 heavy (non-hydrogen) atoms. The number of benzene rings is 1. The number of aromatic nitrogens is 4. The van der Waals surface area contributed by atoms with Gasteiger partial charge in [0.1, 0.15) is 0 Å². The van der Waals surface area contributed by atoms with Crippen molar-refractivity contribution in [3.8, 4) is 11.3 Å². The number of aliphatic hydroxyl groups is 1. The van der Waals surface area contributed by atoms with Crippen molar-refractivity contribution in [1.82, 2.24) is 30.4 Å². The predicted molar refractivity (Wildman–Crippen MR) is 136 cm³/mol. The number of hydrogen-bond acceptors (Lipinski definition) is 5. The van der Waals surface area contributed by atoms with Crippen LogP contribution < -0.4 is 5.32 Å². The highest BCUT2D eigenvalue weighted by Gasteiger charge is 2.32. The fraction of sp³-hybridized carbons (Fsp3) is 0.481. The smallest absolute Gasteiger partial charge is 0.155 e. The first kappa shape index (κ1) is 21.8. The summed E-state index contributed by atoms with van der Waals surface area (Å²) in [6, 6.07) is 9.39. The second kappa shape index (κ2) is 8.80. The van der Waals surface area contributed by atoms with Gasteiger partial charge in [-0.25, -0.2) is 4.98 Å². The highest BCUT2D eigenvalue weighted by molar-refractivity contribution is 5.98. The van der Waals surface area contributed by atoms with Crippen LogP contribution in [-0.2, 0) is 0 Å². The molecule has 2 unspecified atom stereocenters. The van der Waals surface area contributed by atoms with E-state index in [2.05, 4.69) is 68.5 Å². The third kappa shape index (κ3) is 3.72. The number of pyridine rings is 1. The van der Waals surface area contributed by atoms with E-state index in [1.54, 1.807) is 0 Å². The molecular weight excluding hydrogens is 424 g/mol. The van der Waals surface area contributed by atoms with Crippen molar-refractivity contribution in [3.63, 3.8) is 0 Å². The molecule has 0 spiro atoms. The molecule has 1 aromatic carbocycles. The molecule has 4 aromatic rings. The van der Waals surface area contributed by atoms with E-state index in [0.717, 1.165) is 62.0 Å².